The first-order chi connectivity index (χ1) is 12.8. The van der Waals surface area contributed by atoms with Crippen molar-refractivity contribution < 1.29 is 0 Å². The molecule has 3 nitrogen and oxygen atoms in total. The van der Waals surface area contributed by atoms with Crippen molar-refractivity contribution in [1.82, 2.24) is 9.66 Å². The lowest BCUT2D eigenvalue weighted by Crippen LogP contribution is -2.43. The van der Waals surface area contributed by atoms with Crippen molar-refractivity contribution in [2.24, 2.45) is 11.8 Å². The first kappa shape index (κ1) is 18.0. The topological polar surface area (TPSA) is 21.1 Å². The average molecular weight is 370 g/mol. The highest BCUT2D eigenvalue weighted by Gasteiger charge is 2.23. The van der Waals surface area contributed by atoms with Crippen LogP contribution >= 0.6 is 12.2 Å². The molecular weight excluding hydrogens is 338 g/mol. The van der Waals surface area contributed by atoms with Gasteiger partial charge in [-0.15, -0.1) is 0 Å². The summed E-state index contributed by atoms with van der Waals surface area (Å²) < 4.78 is 3.15. The highest BCUT2D eigenvalue weighted by atomic mass is 32.1. The second-order valence-electron chi connectivity index (χ2n) is 8.28. The van der Waals surface area contributed by atoms with Crippen LogP contribution in [0, 0.1) is 16.5 Å². The fraction of sp³-hybridized carbons (Fsp3) is 0.636. The minimum absolute atomic E-state index is 0.799. The third-order valence-electron chi connectivity index (χ3n) is 6.30. The van der Waals surface area contributed by atoms with Crippen LogP contribution in [0.3, 0.4) is 0 Å². The summed E-state index contributed by atoms with van der Waals surface area (Å²) in [6.07, 6.45) is 15.7. The number of hydrogen-bond acceptors (Lipinski definition) is 3. The van der Waals surface area contributed by atoms with Crippen LogP contribution in [-0.4, -0.2) is 22.7 Å². The van der Waals surface area contributed by atoms with E-state index < -0.39 is 0 Å². The molecule has 2 heterocycles. The number of pyridine rings is 2. The summed E-state index contributed by atoms with van der Waals surface area (Å²) in [4.78, 5) is 4.70. The maximum absolute atomic E-state index is 5.77. The summed E-state index contributed by atoms with van der Waals surface area (Å²) in [5.74, 6) is 1.60. The van der Waals surface area contributed by atoms with E-state index in [1.54, 1.807) is 0 Å². The molecule has 0 spiro atoms. The summed E-state index contributed by atoms with van der Waals surface area (Å²) in [5.41, 5.74) is 1.02. The summed E-state index contributed by atoms with van der Waals surface area (Å²) in [6, 6.07) is 8.35. The summed E-state index contributed by atoms with van der Waals surface area (Å²) in [5, 5.41) is 3.74. The summed E-state index contributed by atoms with van der Waals surface area (Å²) in [7, 11) is 0. The maximum atomic E-state index is 5.77. The predicted octanol–water partition coefficient (Wildman–Crippen LogP) is 5.86. The third-order valence-corrected chi connectivity index (χ3v) is 6.61. The number of nitrogens with zero attached hydrogens (tertiary/aromatic N) is 3. The van der Waals surface area contributed by atoms with Crippen LogP contribution in [0.1, 0.15) is 64.2 Å². The van der Waals surface area contributed by atoms with E-state index in [0.717, 1.165) is 35.2 Å². The second kappa shape index (κ2) is 8.51. The van der Waals surface area contributed by atoms with Crippen LogP contribution in [0.2, 0.25) is 0 Å². The summed E-state index contributed by atoms with van der Waals surface area (Å²) in [6.45, 7) is 2.25. The first-order valence-electron chi connectivity index (χ1n) is 10.5. The third kappa shape index (κ3) is 4.11. The molecule has 140 valence electrons. The Bertz CT molecular complexity index is 752. The predicted molar refractivity (Wildman–Crippen MR) is 112 cm³/mol. The van der Waals surface area contributed by atoms with Gasteiger partial charge in [-0.25, -0.2) is 9.66 Å². The van der Waals surface area contributed by atoms with Gasteiger partial charge in [0.2, 0.25) is 0 Å². The Morgan fingerprint density at radius 2 is 1.50 bits per heavy atom. The molecule has 2 saturated carbocycles. The number of rotatable bonds is 5. The van der Waals surface area contributed by atoms with Crippen molar-refractivity contribution in [3.63, 3.8) is 0 Å². The van der Waals surface area contributed by atoms with E-state index in [1.807, 2.05) is 12.3 Å². The van der Waals surface area contributed by atoms with Gasteiger partial charge < -0.3 is 5.01 Å². The molecule has 2 fully saturated rings. The van der Waals surface area contributed by atoms with Gasteiger partial charge >= 0.3 is 0 Å². The molecular formula is C22H31N3S. The molecule has 0 saturated heterocycles. The van der Waals surface area contributed by atoms with Crippen molar-refractivity contribution >= 4 is 23.3 Å². The molecule has 2 aromatic heterocycles. The van der Waals surface area contributed by atoms with E-state index in [-0.39, 0.29) is 0 Å². The van der Waals surface area contributed by atoms with Gasteiger partial charge in [-0.05, 0) is 61.8 Å². The normalized spacial score (nSPS) is 19.7. The van der Waals surface area contributed by atoms with Crippen LogP contribution in [0.15, 0.2) is 30.5 Å². The zero-order valence-corrected chi connectivity index (χ0v) is 16.6. The standard InChI is InChI=1S/C22H31N3S/c26-21-14-13-20-12-7-15-23-22(20)25(21)24(16-18-8-3-1-4-9-18)17-19-10-5-2-6-11-19/h7,12-15,18-19H,1-6,8-11,16-17H2. The molecule has 2 aliphatic carbocycles. The maximum Gasteiger partial charge on any atom is 0.159 e. The van der Waals surface area contributed by atoms with Gasteiger partial charge in [-0.2, -0.15) is 0 Å². The minimum atomic E-state index is 0.799. The fourth-order valence-corrected chi connectivity index (χ4v) is 5.17. The second-order valence-corrected chi connectivity index (χ2v) is 8.70. The lowest BCUT2D eigenvalue weighted by molar-refractivity contribution is 0.301. The van der Waals surface area contributed by atoms with Crippen LogP contribution in [0.5, 0.6) is 0 Å². The molecule has 0 aromatic carbocycles. The van der Waals surface area contributed by atoms with E-state index in [9.17, 15) is 0 Å². The minimum Gasteiger partial charge on any atom is -0.309 e. The molecule has 26 heavy (non-hydrogen) atoms. The van der Waals surface area contributed by atoms with Gasteiger partial charge in [-0.3, -0.25) is 0 Å². The largest absolute Gasteiger partial charge is 0.309 e. The van der Waals surface area contributed by atoms with Gasteiger partial charge in [0, 0.05) is 24.7 Å². The van der Waals surface area contributed by atoms with Gasteiger partial charge in [-0.1, -0.05) is 50.7 Å². The van der Waals surface area contributed by atoms with Crippen LogP contribution in [0.25, 0.3) is 11.0 Å². The molecule has 4 heteroatoms. The quantitative estimate of drug-likeness (QED) is 0.616. The highest BCUT2D eigenvalue weighted by Crippen LogP contribution is 2.28. The Labute approximate surface area is 162 Å². The van der Waals surface area contributed by atoms with E-state index in [1.165, 1.54) is 69.6 Å². The number of aromatic nitrogens is 2. The lowest BCUT2D eigenvalue weighted by Gasteiger charge is -2.36. The molecule has 4 rings (SSSR count). The van der Waals surface area contributed by atoms with Gasteiger partial charge in [0.1, 0.15) is 4.64 Å². The van der Waals surface area contributed by atoms with E-state index in [0.29, 0.717) is 0 Å². The average Bonchev–Trinajstić information content (AvgIpc) is 2.69. The van der Waals surface area contributed by atoms with Gasteiger partial charge in [0.15, 0.2) is 5.65 Å². The number of fused-ring (bicyclic) bond motifs is 1. The first-order valence-corrected chi connectivity index (χ1v) is 10.9. The number of hydrogen-bond donors (Lipinski definition) is 0. The molecule has 0 unspecified atom stereocenters. The van der Waals surface area contributed by atoms with Crippen molar-refractivity contribution in [2.45, 2.75) is 64.2 Å². The summed E-state index contributed by atoms with van der Waals surface area (Å²) >= 11 is 5.77. The molecule has 0 N–H and O–H groups in total. The molecule has 0 amide bonds. The van der Waals surface area contributed by atoms with Crippen molar-refractivity contribution in [2.75, 3.05) is 18.1 Å². The molecule has 0 aliphatic heterocycles. The smallest absolute Gasteiger partial charge is 0.159 e. The van der Waals surface area contributed by atoms with E-state index in [4.69, 9.17) is 17.2 Å². The zero-order valence-electron chi connectivity index (χ0n) is 15.8. The SMILES string of the molecule is S=c1ccc2cccnc2n1N(CC1CCCCC1)CC1CCCCC1. The van der Waals surface area contributed by atoms with Gasteiger partial charge in [0.05, 0.1) is 0 Å². The van der Waals surface area contributed by atoms with E-state index in [2.05, 4.69) is 27.9 Å². The highest BCUT2D eigenvalue weighted by molar-refractivity contribution is 7.71. The fourth-order valence-electron chi connectivity index (χ4n) is 4.90. The Morgan fingerprint density at radius 3 is 2.12 bits per heavy atom. The Hall–Kier alpha value is -1.42. The van der Waals surface area contributed by atoms with Gasteiger partial charge in [0.25, 0.3) is 0 Å². The van der Waals surface area contributed by atoms with Crippen LogP contribution in [0.4, 0.5) is 0 Å². The van der Waals surface area contributed by atoms with Crippen molar-refractivity contribution in [3.8, 4) is 0 Å². The Balaban J connectivity index is 1.67. The monoisotopic (exact) mass is 369 g/mol. The van der Waals surface area contributed by atoms with Crippen molar-refractivity contribution in [3.05, 3.63) is 35.1 Å². The molecule has 0 radical (unpaired) electrons. The Kier molecular flexibility index (Phi) is 5.88. The zero-order chi connectivity index (χ0) is 17.8. The van der Waals surface area contributed by atoms with Crippen molar-refractivity contribution in [1.29, 1.82) is 0 Å². The molecule has 0 atom stereocenters. The molecule has 2 aromatic rings. The van der Waals surface area contributed by atoms with Crippen LogP contribution in [-0.2, 0) is 0 Å². The molecule has 0 bridgehead atoms. The van der Waals surface area contributed by atoms with E-state index >= 15 is 0 Å². The van der Waals surface area contributed by atoms with Crippen LogP contribution < -0.4 is 5.01 Å². The molecule has 2 aliphatic rings. The lowest BCUT2D eigenvalue weighted by atomic mass is 9.87. The Morgan fingerprint density at radius 1 is 0.885 bits per heavy atom.